The molecule has 1 saturated carbocycles. The molecule has 10 heavy (non-hydrogen) atoms. The number of carboxylic acid groups (broad SMARTS) is 1. The van der Waals surface area contributed by atoms with Crippen molar-refractivity contribution in [2.75, 3.05) is 0 Å². The van der Waals surface area contributed by atoms with Crippen LogP contribution in [0.1, 0.15) is 33.1 Å². The van der Waals surface area contributed by atoms with Gasteiger partial charge in [0.1, 0.15) is 0 Å². The van der Waals surface area contributed by atoms with Crippen LogP contribution in [0.25, 0.3) is 0 Å². The first kappa shape index (κ1) is 7.58. The number of carbonyl (C=O) groups is 1. The number of hydrogen-bond donors (Lipinski definition) is 1. The zero-order chi connectivity index (χ0) is 7.78. The van der Waals surface area contributed by atoms with Gasteiger partial charge < -0.3 is 5.11 Å². The normalized spacial score (nSPS) is 40.0. The molecule has 0 saturated heterocycles. The highest BCUT2D eigenvalue weighted by atomic mass is 16.4. The van der Waals surface area contributed by atoms with E-state index in [0.717, 1.165) is 19.3 Å². The molecule has 0 spiro atoms. The second-order valence-corrected chi connectivity index (χ2v) is 3.71. The minimum Gasteiger partial charge on any atom is -0.481 e. The van der Waals surface area contributed by atoms with Crippen LogP contribution in [0, 0.1) is 11.3 Å². The van der Waals surface area contributed by atoms with E-state index in [-0.39, 0.29) is 0 Å². The van der Waals surface area contributed by atoms with E-state index in [1.807, 2.05) is 6.92 Å². The number of aliphatic carboxylic acids is 1. The SMILES string of the molecule is C[C@H]1CC[C@](C)(C(=O)O)C1. The summed E-state index contributed by atoms with van der Waals surface area (Å²) in [5, 5.41) is 8.79. The Bertz CT molecular complexity index is 153. The third-order valence-electron chi connectivity index (χ3n) is 2.50. The van der Waals surface area contributed by atoms with E-state index in [4.69, 9.17) is 5.11 Å². The molecule has 0 radical (unpaired) electrons. The van der Waals surface area contributed by atoms with Gasteiger partial charge in [-0.3, -0.25) is 4.79 Å². The van der Waals surface area contributed by atoms with E-state index in [0.29, 0.717) is 5.92 Å². The standard InChI is InChI=1S/C8H14O2/c1-6-3-4-8(2,5-6)7(9)10/h6H,3-5H2,1-2H3,(H,9,10)/t6-,8-/m0/s1. The first-order chi connectivity index (χ1) is 4.54. The van der Waals surface area contributed by atoms with Crippen LogP contribution < -0.4 is 0 Å². The highest BCUT2D eigenvalue weighted by molar-refractivity contribution is 5.74. The molecule has 0 aromatic carbocycles. The smallest absolute Gasteiger partial charge is 0.309 e. The lowest BCUT2D eigenvalue weighted by Crippen LogP contribution is -2.23. The highest BCUT2D eigenvalue weighted by Gasteiger charge is 2.39. The molecule has 2 atom stereocenters. The summed E-state index contributed by atoms with van der Waals surface area (Å²) in [5.41, 5.74) is -0.417. The summed E-state index contributed by atoms with van der Waals surface area (Å²) in [6.07, 6.45) is 2.77. The predicted molar refractivity (Wildman–Crippen MR) is 38.8 cm³/mol. The Hall–Kier alpha value is -0.530. The average Bonchev–Trinajstić information content (AvgIpc) is 2.13. The third kappa shape index (κ3) is 1.15. The van der Waals surface area contributed by atoms with Gasteiger partial charge in [0, 0.05) is 0 Å². The third-order valence-corrected chi connectivity index (χ3v) is 2.50. The summed E-state index contributed by atoms with van der Waals surface area (Å²) in [6, 6.07) is 0. The van der Waals surface area contributed by atoms with Crippen molar-refractivity contribution in [1.82, 2.24) is 0 Å². The predicted octanol–water partition coefficient (Wildman–Crippen LogP) is 1.90. The fourth-order valence-electron chi connectivity index (χ4n) is 1.73. The zero-order valence-corrected chi connectivity index (χ0v) is 6.55. The van der Waals surface area contributed by atoms with Crippen molar-refractivity contribution in [1.29, 1.82) is 0 Å². The molecule has 0 aliphatic heterocycles. The van der Waals surface area contributed by atoms with Crippen LogP contribution in [0.4, 0.5) is 0 Å². The Balaban J connectivity index is 2.63. The van der Waals surface area contributed by atoms with E-state index in [1.54, 1.807) is 0 Å². The summed E-state index contributed by atoms with van der Waals surface area (Å²) in [5.74, 6) is -0.0297. The van der Waals surface area contributed by atoms with Crippen LogP contribution >= 0.6 is 0 Å². The van der Waals surface area contributed by atoms with Gasteiger partial charge in [0.25, 0.3) is 0 Å². The van der Waals surface area contributed by atoms with Crippen LogP contribution in [-0.4, -0.2) is 11.1 Å². The molecule has 0 heterocycles. The summed E-state index contributed by atoms with van der Waals surface area (Å²) in [6.45, 7) is 3.97. The Labute approximate surface area is 61.2 Å². The van der Waals surface area contributed by atoms with Gasteiger partial charge in [-0.15, -0.1) is 0 Å². The van der Waals surface area contributed by atoms with Crippen molar-refractivity contribution < 1.29 is 9.90 Å². The van der Waals surface area contributed by atoms with Crippen LogP contribution in [0.3, 0.4) is 0 Å². The van der Waals surface area contributed by atoms with E-state index in [9.17, 15) is 4.79 Å². The molecule has 0 aromatic rings. The van der Waals surface area contributed by atoms with Crippen molar-refractivity contribution in [2.45, 2.75) is 33.1 Å². The minimum atomic E-state index is -0.628. The monoisotopic (exact) mass is 142 g/mol. The number of hydrogen-bond acceptors (Lipinski definition) is 1. The van der Waals surface area contributed by atoms with Gasteiger partial charge in [-0.25, -0.2) is 0 Å². The maximum absolute atomic E-state index is 10.7. The van der Waals surface area contributed by atoms with E-state index < -0.39 is 11.4 Å². The van der Waals surface area contributed by atoms with Gasteiger partial charge in [0.15, 0.2) is 0 Å². The van der Waals surface area contributed by atoms with Crippen LogP contribution in [-0.2, 0) is 4.79 Å². The van der Waals surface area contributed by atoms with E-state index in [2.05, 4.69) is 6.92 Å². The first-order valence-electron chi connectivity index (χ1n) is 3.78. The molecule has 1 aliphatic carbocycles. The van der Waals surface area contributed by atoms with Crippen LogP contribution in [0.15, 0.2) is 0 Å². The van der Waals surface area contributed by atoms with Crippen LogP contribution in [0.2, 0.25) is 0 Å². The number of rotatable bonds is 1. The van der Waals surface area contributed by atoms with E-state index >= 15 is 0 Å². The van der Waals surface area contributed by atoms with Crippen LogP contribution in [0.5, 0.6) is 0 Å². The second kappa shape index (κ2) is 2.26. The Kier molecular flexibility index (Phi) is 1.71. The first-order valence-corrected chi connectivity index (χ1v) is 3.78. The molecule has 58 valence electrons. The quantitative estimate of drug-likeness (QED) is 0.607. The van der Waals surface area contributed by atoms with Gasteiger partial charge in [-0.2, -0.15) is 0 Å². The maximum Gasteiger partial charge on any atom is 0.309 e. The molecule has 0 bridgehead atoms. The van der Waals surface area contributed by atoms with E-state index in [1.165, 1.54) is 0 Å². The molecule has 1 fully saturated rings. The summed E-state index contributed by atoms with van der Waals surface area (Å²) in [4.78, 5) is 10.7. The van der Waals surface area contributed by atoms with Gasteiger partial charge in [0.05, 0.1) is 5.41 Å². The molecular weight excluding hydrogens is 128 g/mol. The van der Waals surface area contributed by atoms with Crippen molar-refractivity contribution >= 4 is 5.97 Å². The Morgan fingerprint density at radius 3 is 2.50 bits per heavy atom. The lowest BCUT2D eigenvalue weighted by molar-refractivity contribution is -0.147. The highest BCUT2D eigenvalue weighted by Crippen LogP contribution is 2.41. The minimum absolute atomic E-state index is 0.417. The van der Waals surface area contributed by atoms with Crippen molar-refractivity contribution in [3.63, 3.8) is 0 Å². The molecule has 0 amide bonds. The molecule has 0 aromatic heterocycles. The second-order valence-electron chi connectivity index (χ2n) is 3.71. The summed E-state index contributed by atoms with van der Waals surface area (Å²) < 4.78 is 0. The maximum atomic E-state index is 10.7. The lowest BCUT2D eigenvalue weighted by Gasteiger charge is -2.16. The average molecular weight is 142 g/mol. The number of carboxylic acids is 1. The van der Waals surface area contributed by atoms with Gasteiger partial charge in [-0.1, -0.05) is 6.92 Å². The molecule has 1 N–H and O–H groups in total. The lowest BCUT2D eigenvalue weighted by atomic mass is 9.88. The molecule has 1 aliphatic rings. The molecule has 0 unspecified atom stereocenters. The van der Waals surface area contributed by atoms with Crippen molar-refractivity contribution in [2.24, 2.45) is 11.3 Å². The fourth-order valence-corrected chi connectivity index (χ4v) is 1.73. The van der Waals surface area contributed by atoms with Gasteiger partial charge >= 0.3 is 5.97 Å². The topological polar surface area (TPSA) is 37.3 Å². The fraction of sp³-hybridized carbons (Fsp3) is 0.875. The van der Waals surface area contributed by atoms with Crippen molar-refractivity contribution in [3.8, 4) is 0 Å². The largest absolute Gasteiger partial charge is 0.481 e. The Morgan fingerprint density at radius 1 is 1.70 bits per heavy atom. The molecule has 1 rings (SSSR count). The van der Waals surface area contributed by atoms with Gasteiger partial charge in [0.2, 0.25) is 0 Å². The Morgan fingerprint density at radius 2 is 2.30 bits per heavy atom. The molecular formula is C8H14O2. The van der Waals surface area contributed by atoms with Crippen molar-refractivity contribution in [3.05, 3.63) is 0 Å². The summed E-state index contributed by atoms with van der Waals surface area (Å²) >= 11 is 0. The molecule has 2 nitrogen and oxygen atoms in total. The molecule has 2 heteroatoms. The summed E-state index contributed by atoms with van der Waals surface area (Å²) in [7, 11) is 0. The van der Waals surface area contributed by atoms with Gasteiger partial charge in [-0.05, 0) is 32.1 Å². The zero-order valence-electron chi connectivity index (χ0n) is 6.55.